The number of methoxy groups -OCH3 is 2. The molecule has 4 nitrogen and oxygen atoms in total. The molecule has 30 heavy (non-hydrogen) atoms. The first kappa shape index (κ1) is 20.0. The molecule has 0 aromatic heterocycles. The van der Waals surface area contributed by atoms with Crippen LogP contribution in [0.3, 0.4) is 0 Å². The Morgan fingerprint density at radius 1 is 0.833 bits per heavy atom. The Hall–Kier alpha value is -3.27. The van der Waals surface area contributed by atoms with Crippen molar-refractivity contribution in [2.45, 2.75) is 25.4 Å². The number of aryl methyl sites for hydroxylation is 1. The van der Waals surface area contributed by atoms with Crippen molar-refractivity contribution in [3.8, 4) is 11.5 Å². The van der Waals surface area contributed by atoms with E-state index in [1.54, 1.807) is 14.2 Å². The highest BCUT2D eigenvalue weighted by atomic mass is 16.5. The minimum Gasteiger partial charge on any atom is -0.497 e. The van der Waals surface area contributed by atoms with Gasteiger partial charge in [-0.15, -0.1) is 0 Å². The van der Waals surface area contributed by atoms with Gasteiger partial charge in [0.2, 0.25) is 5.90 Å². The lowest BCUT2D eigenvalue weighted by molar-refractivity contribution is 0.0885. The van der Waals surface area contributed by atoms with Crippen LogP contribution in [0.2, 0.25) is 0 Å². The van der Waals surface area contributed by atoms with E-state index in [2.05, 4.69) is 43.3 Å². The van der Waals surface area contributed by atoms with E-state index in [0.29, 0.717) is 6.54 Å². The van der Waals surface area contributed by atoms with Gasteiger partial charge in [-0.2, -0.15) is 0 Å². The number of benzene rings is 3. The van der Waals surface area contributed by atoms with Crippen molar-refractivity contribution in [3.63, 3.8) is 0 Å². The van der Waals surface area contributed by atoms with Crippen LogP contribution in [0.1, 0.15) is 22.3 Å². The van der Waals surface area contributed by atoms with Crippen LogP contribution in [0.25, 0.3) is 0 Å². The lowest BCUT2D eigenvalue weighted by Gasteiger charge is -2.29. The predicted molar refractivity (Wildman–Crippen MR) is 120 cm³/mol. The van der Waals surface area contributed by atoms with Crippen molar-refractivity contribution >= 4 is 5.90 Å². The summed E-state index contributed by atoms with van der Waals surface area (Å²) in [4.78, 5) is 4.83. The molecule has 0 saturated heterocycles. The third-order valence-electron chi connectivity index (χ3n) is 5.52. The Bertz CT molecular complexity index is 1010. The van der Waals surface area contributed by atoms with E-state index in [1.807, 2.05) is 36.4 Å². The average molecular weight is 402 g/mol. The van der Waals surface area contributed by atoms with Gasteiger partial charge in [-0.25, -0.2) is 4.99 Å². The Morgan fingerprint density at radius 2 is 1.43 bits per heavy atom. The maximum atomic E-state index is 6.64. The van der Waals surface area contributed by atoms with Gasteiger partial charge in [0.15, 0.2) is 0 Å². The van der Waals surface area contributed by atoms with Gasteiger partial charge < -0.3 is 14.2 Å². The van der Waals surface area contributed by atoms with Gasteiger partial charge >= 0.3 is 0 Å². The van der Waals surface area contributed by atoms with Crippen molar-refractivity contribution in [3.05, 3.63) is 95.1 Å². The van der Waals surface area contributed by atoms with Crippen molar-refractivity contribution in [2.75, 3.05) is 20.8 Å². The molecule has 4 rings (SSSR count). The van der Waals surface area contributed by atoms with Crippen LogP contribution in [0, 0.1) is 6.92 Å². The summed E-state index contributed by atoms with van der Waals surface area (Å²) in [5.41, 5.74) is 4.08. The third kappa shape index (κ3) is 4.33. The Morgan fingerprint density at radius 3 is 2.00 bits per heavy atom. The SMILES string of the molecule is COc1cccc(CC2(Cc3cccc(OC)c3)CN=C(c3ccccc3C)O2)c1. The molecule has 1 aliphatic rings. The van der Waals surface area contributed by atoms with Crippen LogP contribution in [-0.2, 0) is 17.6 Å². The van der Waals surface area contributed by atoms with E-state index in [-0.39, 0.29) is 0 Å². The number of nitrogens with zero attached hydrogens (tertiary/aromatic N) is 1. The highest BCUT2D eigenvalue weighted by molar-refractivity contribution is 5.96. The number of ether oxygens (including phenoxy) is 3. The van der Waals surface area contributed by atoms with E-state index >= 15 is 0 Å². The quantitative estimate of drug-likeness (QED) is 0.558. The maximum absolute atomic E-state index is 6.64. The normalized spacial score (nSPS) is 14.7. The first-order valence-corrected chi connectivity index (χ1v) is 10.2. The van der Waals surface area contributed by atoms with Crippen LogP contribution < -0.4 is 9.47 Å². The second kappa shape index (κ2) is 8.62. The highest BCUT2D eigenvalue weighted by Gasteiger charge is 2.39. The summed E-state index contributed by atoms with van der Waals surface area (Å²) in [5, 5.41) is 0. The molecular weight excluding hydrogens is 374 g/mol. The van der Waals surface area contributed by atoms with Crippen molar-refractivity contribution in [1.82, 2.24) is 0 Å². The summed E-state index contributed by atoms with van der Waals surface area (Å²) >= 11 is 0. The summed E-state index contributed by atoms with van der Waals surface area (Å²) in [5.74, 6) is 2.42. The third-order valence-corrected chi connectivity index (χ3v) is 5.52. The first-order valence-electron chi connectivity index (χ1n) is 10.2. The highest BCUT2D eigenvalue weighted by Crippen LogP contribution is 2.32. The Labute approximate surface area is 178 Å². The van der Waals surface area contributed by atoms with Crippen molar-refractivity contribution < 1.29 is 14.2 Å². The first-order chi connectivity index (χ1) is 14.6. The Kier molecular flexibility index (Phi) is 5.75. The van der Waals surface area contributed by atoms with Crippen LogP contribution in [0.4, 0.5) is 0 Å². The van der Waals surface area contributed by atoms with Gasteiger partial charge in [0.25, 0.3) is 0 Å². The van der Waals surface area contributed by atoms with Gasteiger partial charge in [0.05, 0.1) is 20.8 Å². The molecule has 0 saturated carbocycles. The smallest absolute Gasteiger partial charge is 0.217 e. The fourth-order valence-electron chi connectivity index (χ4n) is 3.99. The van der Waals surface area contributed by atoms with E-state index in [9.17, 15) is 0 Å². The lowest BCUT2D eigenvalue weighted by atomic mass is 9.88. The van der Waals surface area contributed by atoms with Crippen LogP contribution in [0.5, 0.6) is 11.5 Å². The molecule has 0 aliphatic carbocycles. The van der Waals surface area contributed by atoms with Gasteiger partial charge in [-0.3, -0.25) is 0 Å². The largest absolute Gasteiger partial charge is 0.497 e. The zero-order valence-electron chi connectivity index (χ0n) is 17.7. The molecule has 0 radical (unpaired) electrons. The predicted octanol–water partition coefficient (Wildman–Crippen LogP) is 5.01. The van der Waals surface area contributed by atoms with Crippen molar-refractivity contribution in [2.24, 2.45) is 4.99 Å². The van der Waals surface area contributed by atoms with Crippen LogP contribution in [-0.4, -0.2) is 32.3 Å². The molecule has 0 atom stereocenters. The summed E-state index contributed by atoms with van der Waals surface area (Å²) in [7, 11) is 3.38. The fraction of sp³-hybridized carbons (Fsp3) is 0.269. The minimum absolute atomic E-state index is 0.462. The molecule has 0 N–H and O–H groups in total. The number of hydrogen-bond donors (Lipinski definition) is 0. The number of aliphatic imine (C=N–C) groups is 1. The topological polar surface area (TPSA) is 40.0 Å². The second-order valence-electron chi connectivity index (χ2n) is 7.78. The van der Waals surface area contributed by atoms with Gasteiger partial charge in [0, 0.05) is 18.4 Å². The molecule has 1 aliphatic heterocycles. The lowest BCUT2D eigenvalue weighted by Crippen LogP contribution is -2.38. The molecule has 0 spiro atoms. The van der Waals surface area contributed by atoms with Crippen LogP contribution in [0.15, 0.2) is 77.8 Å². The standard InChI is InChI=1S/C26H27NO3/c1-19-8-4-5-13-24(19)25-27-18-26(30-25,16-20-9-6-11-22(14-20)28-2)17-21-10-7-12-23(15-21)29-3/h4-15H,16-18H2,1-3H3. The van der Waals surface area contributed by atoms with Gasteiger partial charge in [0.1, 0.15) is 17.1 Å². The van der Waals surface area contributed by atoms with E-state index < -0.39 is 5.60 Å². The maximum Gasteiger partial charge on any atom is 0.217 e. The van der Waals surface area contributed by atoms with Gasteiger partial charge in [-0.1, -0.05) is 42.5 Å². The van der Waals surface area contributed by atoms with E-state index in [1.165, 1.54) is 11.1 Å². The molecule has 1 heterocycles. The fourth-order valence-corrected chi connectivity index (χ4v) is 3.99. The summed E-state index contributed by atoms with van der Waals surface area (Å²) in [6.45, 7) is 2.69. The molecule has 3 aromatic carbocycles. The molecule has 0 amide bonds. The second-order valence-corrected chi connectivity index (χ2v) is 7.78. The number of rotatable bonds is 7. The molecule has 0 fully saturated rings. The molecule has 0 unspecified atom stereocenters. The molecule has 0 bridgehead atoms. The summed E-state index contributed by atoms with van der Waals surface area (Å²) < 4.78 is 17.5. The van der Waals surface area contributed by atoms with Crippen molar-refractivity contribution in [1.29, 1.82) is 0 Å². The monoisotopic (exact) mass is 401 g/mol. The number of hydrogen-bond acceptors (Lipinski definition) is 4. The molecular formula is C26H27NO3. The molecule has 3 aromatic rings. The molecule has 4 heteroatoms. The summed E-state index contributed by atoms with van der Waals surface area (Å²) in [6.07, 6.45) is 1.47. The minimum atomic E-state index is -0.462. The summed E-state index contributed by atoms with van der Waals surface area (Å²) in [6, 6.07) is 24.6. The van der Waals surface area contributed by atoms with Crippen LogP contribution >= 0.6 is 0 Å². The molecule has 154 valence electrons. The Balaban J connectivity index is 1.65. The zero-order chi connectivity index (χ0) is 21.0. The average Bonchev–Trinajstić information content (AvgIpc) is 3.17. The van der Waals surface area contributed by atoms with Gasteiger partial charge in [-0.05, 0) is 53.9 Å². The van der Waals surface area contributed by atoms with E-state index in [0.717, 1.165) is 41.4 Å². The van der Waals surface area contributed by atoms with E-state index in [4.69, 9.17) is 19.2 Å². The zero-order valence-corrected chi connectivity index (χ0v) is 17.7.